The summed E-state index contributed by atoms with van der Waals surface area (Å²) in [4.78, 5) is 16.6. The van der Waals surface area contributed by atoms with E-state index in [1.54, 1.807) is 13.0 Å². The van der Waals surface area contributed by atoms with Crippen molar-refractivity contribution in [1.82, 2.24) is 15.2 Å². The number of para-hydroxylation sites is 1. The lowest BCUT2D eigenvalue weighted by atomic mass is 10.1. The van der Waals surface area contributed by atoms with E-state index in [4.69, 9.17) is 9.15 Å². The van der Waals surface area contributed by atoms with Gasteiger partial charge in [-0.05, 0) is 44.2 Å². The van der Waals surface area contributed by atoms with E-state index in [0.717, 1.165) is 26.4 Å². The maximum absolute atomic E-state index is 12.1. The summed E-state index contributed by atoms with van der Waals surface area (Å²) in [7, 11) is 0. The lowest BCUT2D eigenvalue weighted by molar-refractivity contribution is -0.143. The number of carbonyl (C=O) groups excluding carboxylic acids is 1. The van der Waals surface area contributed by atoms with E-state index in [9.17, 15) is 4.79 Å². The Hall–Kier alpha value is -3.32. The van der Waals surface area contributed by atoms with Gasteiger partial charge in [-0.3, -0.25) is 0 Å². The first kappa shape index (κ1) is 18.1. The van der Waals surface area contributed by atoms with Gasteiger partial charge in [0.25, 0.3) is 5.89 Å². The second-order valence-corrected chi connectivity index (χ2v) is 7.31. The highest BCUT2D eigenvalue weighted by Gasteiger charge is 2.18. The Bertz CT molecular complexity index is 1110. The van der Waals surface area contributed by atoms with E-state index in [1.807, 2.05) is 55.5 Å². The molecule has 2 aromatic carbocycles. The third kappa shape index (κ3) is 3.99. The zero-order chi connectivity index (χ0) is 19.5. The summed E-state index contributed by atoms with van der Waals surface area (Å²) in [6.07, 6.45) is 2.34. The minimum atomic E-state index is -0.654. The number of aryl methyl sites for hydroxylation is 1. The van der Waals surface area contributed by atoms with Crippen LogP contribution in [-0.4, -0.2) is 21.2 Å². The molecular weight excluding hydrogens is 374 g/mol. The number of benzene rings is 2. The monoisotopic (exact) mass is 391 g/mol. The number of fused-ring (bicyclic) bond motifs is 1. The molecule has 0 radical (unpaired) electrons. The SMILES string of the molecule is Cc1ccc(-c2nnc([C@H](C)OC(=O)/C=C/c3nc4ccccc4s3)o2)cc1. The van der Waals surface area contributed by atoms with Gasteiger partial charge in [-0.2, -0.15) is 0 Å². The van der Waals surface area contributed by atoms with Crippen LogP contribution in [0.1, 0.15) is 29.5 Å². The molecule has 6 nitrogen and oxygen atoms in total. The standard InChI is InChI=1S/C21H17N3O3S/c1-13-7-9-15(10-8-13)21-24-23-20(27-21)14(2)26-19(25)12-11-18-22-16-5-3-4-6-17(16)28-18/h3-12,14H,1-2H3/b12-11+/t14-/m0/s1. The number of ether oxygens (including phenoxy) is 1. The zero-order valence-corrected chi connectivity index (χ0v) is 16.1. The van der Waals surface area contributed by atoms with Crippen molar-refractivity contribution in [3.05, 3.63) is 71.1 Å². The highest BCUT2D eigenvalue weighted by molar-refractivity contribution is 7.19. The first-order chi connectivity index (χ1) is 13.6. The van der Waals surface area contributed by atoms with Gasteiger partial charge in [0.2, 0.25) is 5.89 Å². The molecule has 4 aromatic rings. The molecule has 0 N–H and O–H groups in total. The van der Waals surface area contributed by atoms with Crippen LogP contribution in [0.2, 0.25) is 0 Å². The summed E-state index contributed by atoms with van der Waals surface area (Å²) >= 11 is 1.51. The summed E-state index contributed by atoms with van der Waals surface area (Å²) in [5.41, 5.74) is 2.87. The van der Waals surface area contributed by atoms with E-state index in [1.165, 1.54) is 17.4 Å². The molecule has 0 aliphatic carbocycles. The quantitative estimate of drug-likeness (QED) is 0.353. The average Bonchev–Trinajstić information content (AvgIpc) is 3.34. The van der Waals surface area contributed by atoms with E-state index < -0.39 is 12.1 Å². The average molecular weight is 391 g/mol. The van der Waals surface area contributed by atoms with Crippen molar-refractivity contribution in [3.8, 4) is 11.5 Å². The summed E-state index contributed by atoms with van der Waals surface area (Å²) in [6, 6.07) is 15.6. The largest absolute Gasteiger partial charge is 0.449 e. The molecule has 4 rings (SSSR count). The summed E-state index contributed by atoms with van der Waals surface area (Å²) in [5, 5.41) is 8.76. The van der Waals surface area contributed by atoms with Crippen molar-refractivity contribution in [2.45, 2.75) is 20.0 Å². The molecule has 1 atom stereocenters. The maximum atomic E-state index is 12.1. The number of hydrogen-bond donors (Lipinski definition) is 0. The molecule has 140 valence electrons. The lowest BCUT2D eigenvalue weighted by Crippen LogP contribution is -2.06. The van der Waals surface area contributed by atoms with Crippen LogP contribution >= 0.6 is 11.3 Å². The van der Waals surface area contributed by atoms with Crippen LogP contribution in [0.25, 0.3) is 27.7 Å². The highest BCUT2D eigenvalue weighted by Crippen LogP contribution is 2.24. The molecule has 0 saturated carbocycles. The normalized spacial score (nSPS) is 12.5. The summed E-state index contributed by atoms with van der Waals surface area (Å²) in [5.74, 6) is 0.141. The van der Waals surface area contributed by atoms with Crippen LogP contribution in [0.5, 0.6) is 0 Å². The number of thiazole rings is 1. The molecule has 0 aliphatic rings. The molecule has 0 aliphatic heterocycles. The van der Waals surface area contributed by atoms with Crippen LogP contribution in [0.3, 0.4) is 0 Å². The fourth-order valence-corrected chi connectivity index (χ4v) is 3.45. The van der Waals surface area contributed by atoms with Crippen molar-refractivity contribution < 1.29 is 13.9 Å². The van der Waals surface area contributed by atoms with Gasteiger partial charge in [0.15, 0.2) is 6.10 Å². The summed E-state index contributed by atoms with van der Waals surface area (Å²) < 4.78 is 12.1. The van der Waals surface area contributed by atoms with Crippen LogP contribution in [0.15, 0.2) is 59.0 Å². The Kier molecular flexibility index (Phi) is 4.99. The second kappa shape index (κ2) is 7.74. The number of rotatable bonds is 5. The molecule has 0 spiro atoms. The number of carbonyl (C=O) groups is 1. The molecule has 28 heavy (non-hydrogen) atoms. The lowest BCUT2D eigenvalue weighted by Gasteiger charge is -2.06. The van der Waals surface area contributed by atoms with Gasteiger partial charge in [-0.1, -0.05) is 29.8 Å². The third-order valence-electron chi connectivity index (χ3n) is 4.05. The van der Waals surface area contributed by atoms with Gasteiger partial charge in [0.1, 0.15) is 5.01 Å². The Balaban J connectivity index is 1.41. The topological polar surface area (TPSA) is 78.1 Å². The van der Waals surface area contributed by atoms with Gasteiger partial charge in [0.05, 0.1) is 10.2 Å². The number of nitrogens with zero attached hydrogens (tertiary/aromatic N) is 3. The molecule has 0 saturated heterocycles. The van der Waals surface area contributed by atoms with Crippen molar-refractivity contribution >= 4 is 33.6 Å². The van der Waals surface area contributed by atoms with Crippen LogP contribution < -0.4 is 0 Å². The van der Waals surface area contributed by atoms with Crippen molar-refractivity contribution in [1.29, 1.82) is 0 Å². The van der Waals surface area contributed by atoms with Gasteiger partial charge in [0, 0.05) is 11.6 Å². The van der Waals surface area contributed by atoms with Crippen molar-refractivity contribution in [2.75, 3.05) is 0 Å². The van der Waals surface area contributed by atoms with E-state index in [-0.39, 0.29) is 5.89 Å². The van der Waals surface area contributed by atoms with Crippen LogP contribution in [0.4, 0.5) is 0 Å². The predicted octanol–water partition coefficient (Wildman–Crippen LogP) is 4.97. The molecule has 0 bridgehead atoms. The minimum Gasteiger partial charge on any atom is -0.449 e. The Morgan fingerprint density at radius 3 is 2.71 bits per heavy atom. The van der Waals surface area contributed by atoms with E-state index >= 15 is 0 Å². The van der Waals surface area contributed by atoms with Gasteiger partial charge < -0.3 is 9.15 Å². The number of hydrogen-bond acceptors (Lipinski definition) is 7. The van der Waals surface area contributed by atoms with E-state index in [2.05, 4.69) is 15.2 Å². The molecule has 0 fully saturated rings. The van der Waals surface area contributed by atoms with E-state index in [0.29, 0.717) is 5.89 Å². The predicted molar refractivity (Wildman–Crippen MR) is 108 cm³/mol. The zero-order valence-electron chi connectivity index (χ0n) is 15.3. The minimum absolute atomic E-state index is 0.248. The Labute approximate surface area is 165 Å². The second-order valence-electron chi connectivity index (χ2n) is 6.24. The maximum Gasteiger partial charge on any atom is 0.331 e. The Morgan fingerprint density at radius 1 is 1.14 bits per heavy atom. The number of aromatic nitrogens is 3. The number of esters is 1. The molecule has 2 aromatic heterocycles. The van der Waals surface area contributed by atoms with Crippen LogP contribution in [-0.2, 0) is 9.53 Å². The fourth-order valence-electron chi connectivity index (χ4n) is 2.58. The first-order valence-corrected chi connectivity index (χ1v) is 9.55. The Morgan fingerprint density at radius 2 is 1.93 bits per heavy atom. The fraction of sp³-hybridized carbons (Fsp3) is 0.143. The van der Waals surface area contributed by atoms with Crippen molar-refractivity contribution in [2.24, 2.45) is 0 Å². The van der Waals surface area contributed by atoms with Crippen molar-refractivity contribution in [3.63, 3.8) is 0 Å². The van der Waals surface area contributed by atoms with Gasteiger partial charge in [-0.15, -0.1) is 21.5 Å². The molecule has 0 unspecified atom stereocenters. The third-order valence-corrected chi connectivity index (χ3v) is 5.05. The molecular formula is C21H17N3O3S. The highest BCUT2D eigenvalue weighted by atomic mass is 32.1. The van der Waals surface area contributed by atoms with Gasteiger partial charge >= 0.3 is 5.97 Å². The smallest absolute Gasteiger partial charge is 0.331 e. The van der Waals surface area contributed by atoms with Gasteiger partial charge in [-0.25, -0.2) is 9.78 Å². The molecule has 0 amide bonds. The first-order valence-electron chi connectivity index (χ1n) is 8.73. The molecule has 2 heterocycles. The van der Waals surface area contributed by atoms with Crippen LogP contribution in [0, 0.1) is 6.92 Å². The molecule has 7 heteroatoms. The summed E-state index contributed by atoms with van der Waals surface area (Å²) in [6.45, 7) is 3.70.